The number of fused-ring (bicyclic) bond motifs is 1. The summed E-state index contributed by atoms with van der Waals surface area (Å²) in [5.74, 6) is 0.496. The van der Waals surface area contributed by atoms with Crippen LogP contribution in [0.15, 0.2) is 67.0 Å². The summed E-state index contributed by atoms with van der Waals surface area (Å²) in [6, 6.07) is 19.1. The van der Waals surface area contributed by atoms with E-state index in [9.17, 15) is 0 Å². The van der Waals surface area contributed by atoms with Crippen molar-refractivity contribution in [3.63, 3.8) is 0 Å². The molecule has 0 unspecified atom stereocenters. The van der Waals surface area contributed by atoms with E-state index in [0.29, 0.717) is 28.8 Å². The van der Waals surface area contributed by atoms with Crippen molar-refractivity contribution in [2.45, 2.75) is 51.9 Å². The lowest BCUT2D eigenvalue weighted by atomic mass is 9.98. The largest absolute Gasteiger partial charge is 0.236 e. The molecule has 0 spiro atoms. The van der Waals surface area contributed by atoms with E-state index in [0.717, 1.165) is 34.9 Å². The Morgan fingerprint density at radius 1 is 0.818 bits per heavy atom. The monoisotopic (exact) mass is 437 g/mol. The lowest BCUT2D eigenvalue weighted by Crippen LogP contribution is -1.97. The molecule has 0 aliphatic rings. The van der Waals surface area contributed by atoms with E-state index in [-0.39, 0.29) is 5.82 Å². The molecule has 166 valence electrons. The second-order valence-electron chi connectivity index (χ2n) is 8.51. The molecule has 1 aromatic heterocycles. The summed E-state index contributed by atoms with van der Waals surface area (Å²) in [5.41, 5.74) is 4.48. The van der Waals surface area contributed by atoms with Gasteiger partial charge in [0.25, 0.3) is 0 Å². The first-order chi connectivity index (χ1) is 16.2. The molecule has 0 radical (unpaired) electrons. The van der Waals surface area contributed by atoms with Gasteiger partial charge in [-0.3, -0.25) is 0 Å². The van der Waals surface area contributed by atoms with E-state index in [2.05, 4.69) is 23.0 Å². The molecule has 0 amide bonds. The standard InChI is InChI=1S/C29H28FN3/c1-2-3-4-5-6-23-19-32-29(33-20-23)26-15-16-27-25(17-26)14-13-24(28(27)30)12-11-21-7-9-22(18-31)10-8-21/h7-10,13-17,19-20H,2-6,11-12H2,1H3. The van der Waals surface area contributed by atoms with Crippen LogP contribution in [0.4, 0.5) is 4.39 Å². The highest BCUT2D eigenvalue weighted by Gasteiger charge is 2.10. The predicted octanol–water partition coefficient (Wildman–Crippen LogP) is 7.22. The van der Waals surface area contributed by atoms with Crippen LogP contribution >= 0.6 is 0 Å². The fraction of sp³-hybridized carbons (Fsp3) is 0.276. The molecule has 3 aromatic carbocycles. The quantitative estimate of drug-likeness (QED) is 0.260. The fourth-order valence-corrected chi connectivity index (χ4v) is 4.08. The Labute approximate surface area is 195 Å². The Balaban J connectivity index is 1.46. The van der Waals surface area contributed by atoms with Gasteiger partial charge in [0.05, 0.1) is 11.6 Å². The van der Waals surface area contributed by atoms with Crippen molar-refractivity contribution < 1.29 is 4.39 Å². The summed E-state index contributed by atoms with van der Waals surface area (Å²) in [5, 5.41) is 10.4. The maximum atomic E-state index is 15.2. The van der Waals surface area contributed by atoms with Gasteiger partial charge < -0.3 is 0 Å². The van der Waals surface area contributed by atoms with E-state index in [4.69, 9.17) is 5.26 Å². The zero-order valence-corrected chi connectivity index (χ0v) is 19.0. The van der Waals surface area contributed by atoms with Gasteiger partial charge in [-0.05, 0) is 66.0 Å². The van der Waals surface area contributed by atoms with Crippen molar-refractivity contribution in [1.29, 1.82) is 5.26 Å². The molecule has 4 rings (SSSR count). The average molecular weight is 438 g/mol. The van der Waals surface area contributed by atoms with Crippen molar-refractivity contribution in [2.75, 3.05) is 0 Å². The predicted molar refractivity (Wildman–Crippen MR) is 131 cm³/mol. The Kier molecular flexibility index (Phi) is 7.42. The van der Waals surface area contributed by atoms with Crippen molar-refractivity contribution in [3.8, 4) is 17.5 Å². The fourth-order valence-electron chi connectivity index (χ4n) is 4.08. The van der Waals surface area contributed by atoms with Crippen LogP contribution in [-0.4, -0.2) is 9.97 Å². The number of benzene rings is 3. The number of halogens is 1. The average Bonchev–Trinajstić information content (AvgIpc) is 2.87. The number of nitriles is 1. The van der Waals surface area contributed by atoms with Crippen molar-refractivity contribution in [1.82, 2.24) is 9.97 Å². The zero-order chi connectivity index (χ0) is 23.0. The highest BCUT2D eigenvalue weighted by Crippen LogP contribution is 2.27. The number of rotatable bonds is 9. The second-order valence-corrected chi connectivity index (χ2v) is 8.51. The minimum atomic E-state index is -0.170. The number of hydrogen-bond acceptors (Lipinski definition) is 3. The van der Waals surface area contributed by atoms with Crippen LogP contribution in [-0.2, 0) is 19.3 Å². The number of unbranched alkanes of at least 4 members (excludes halogenated alkanes) is 3. The molecule has 4 heteroatoms. The summed E-state index contributed by atoms with van der Waals surface area (Å²) in [4.78, 5) is 9.09. The molecule has 3 nitrogen and oxygen atoms in total. The maximum absolute atomic E-state index is 15.2. The van der Waals surface area contributed by atoms with Gasteiger partial charge in [0.15, 0.2) is 5.82 Å². The van der Waals surface area contributed by atoms with Crippen LogP contribution in [0.5, 0.6) is 0 Å². The van der Waals surface area contributed by atoms with Gasteiger partial charge in [-0.2, -0.15) is 5.26 Å². The molecule has 0 fully saturated rings. The Morgan fingerprint density at radius 2 is 1.61 bits per heavy atom. The lowest BCUT2D eigenvalue weighted by molar-refractivity contribution is 0.620. The first-order valence-corrected chi connectivity index (χ1v) is 11.7. The van der Waals surface area contributed by atoms with Crippen LogP contribution in [0.2, 0.25) is 0 Å². The van der Waals surface area contributed by atoms with E-state index < -0.39 is 0 Å². The first-order valence-electron chi connectivity index (χ1n) is 11.7. The highest BCUT2D eigenvalue weighted by atomic mass is 19.1. The molecule has 0 bridgehead atoms. The lowest BCUT2D eigenvalue weighted by Gasteiger charge is -2.09. The third-order valence-electron chi connectivity index (χ3n) is 6.08. The van der Waals surface area contributed by atoms with Gasteiger partial charge in [0, 0.05) is 23.3 Å². The van der Waals surface area contributed by atoms with Crippen LogP contribution in [0, 0.1) is 17.1 Å². The molecule has 0 aliphatic heterocycles. The Bertz CT molecular complexity index is 1260. The minimum absolute atomic E-state index is 0.170. The summed E-state index contributed by atoms with van der Waals surface area (Å²) in [6.45, 7) is 2.21. The van der Waals surface area contributed by atoms with Gasteiger partial charge in [0.1, 0.15) is 5.82 Å². The van der Waals surface area contributed by atoms with E-state index in [1.54, 1.807) is 12.1 Å². The number of nitrogens with zero attached hydrogens (tertiary/aromatic N) is 3. The Morgan fingerprint density at radius 3 is 2.33 bits per heavy atom. The van der Waals surface area contributed by atoms with Crippen LogP contribution in [0.25, 0.3) is 22.2 Å². The molecule has 0 atom stereocenters. The van der Waals surface area contributed by atoms with Crippen molar-refractivity contribution in [2.24, 2.45) is 0 Å². The van der Waals surface area contributed by atoms with E-state index in [1.807, 2.05) is 54.9 Å². The van der Waals surface area contributed by atoms with Crippen LogP contribution in [0.1, 0.15) is 54.9 Å². The first kappa shape index (κ1) is 22.6. The third kappa shape index (κ3) is 5.62. The number of hydrogen-bond donors (Lipinski definition) is 0. The molecular weight excluding hydrogens is 409 g/mol. The zero-order valence-electron chi connectivity index (χ0n) is 19.0. The molecule has 0 saturated heterocycles. The smallest absolute Gasteiger partial charge is 0.159 e. The SMILES string of the molecule is CCCCCCc1cnc(-c2ccc3c(F)c(CCc4ccc(C#N)cc4)ccc3c2)nc1. The van der Waals surface area contributed by atoms with Gasteiger partial charge in [-0.25, -0.2) is 14.4 Å². The molecule has 1 heterocycles. The third-order valence-corrected chi connectivity index (χ3v) is 6.08. The molecular formula is C29H28FN3. The summed E-state index contributed by atoms with van der Waals surface area (Å²) in [6.07, 6.45) is 11.1. The van der Waals surface area contributed by atoms with Gasteiger partial charge in [-0.15, -0.1) is 0 Å². The second kappa shape index (κ2) is 10.8. The van der Waals surface area contributed by atoms with Gasteiger partial charge in [0.2, 0.25) is 0 Å². The van der Waals surface area contributed by atoms with Gasteiger partial charge >= 0.3 is 0 Å². The molecule has 0 saturated carbocycles. The molecule has 0 N–H and O–H groups in total. The maximum Gasteiger partial charge on any atom is 0.159 e. The van der Waals surface area contributed by atoms with Crippen LogP contribution in [0.3, 0.4) is 0 Å². The topological polar surface area (TPSA) is 49.6 Å². The van der Waals surface area contributed by atoms with E-state index >= 15 is 4.39 Å². The van der Waals surface area contributed by atoms with Crippen molar-refractivity contribution in [3.05, 3.63) is 95.1 Å². The molecule has 0 aliphatic carbocycles. The van der Waals surface area contributed by atoms with E-state index in [1.165, 1.54) is 25.7 Å². The number of aromatic nitrogens is 2. The highest BCUT2D eigenvalue weighted by molar-refractivity contribution is 5.87. The Hall–Kier alpha value is -3.58. The normalized spacial score (nSPS) is 10.9. The summed E-state index contributed by atoms with van der Waals surface area (Å²) >= 11 is 0. The number of aryl methyl sites for hydroxylation is 3. The summed E-state index contributed by atoms with van der Waals surface area (Å²) < 4.78 is 15.2. The van der Waals surface area contributed by atoms with Crippen molar-refractivity contribution >= 4 is 10.8 Å². The van der Waals surface area contributed by atoms with Gasteiger partial charge in [-0.1, -0.05) is 62.6 Å². The molecule has 33 heavy (non-hydrogen) atoms. The summed E-state index contributed by atoms with van der Waals surface area (Å²) in [7, 11) is 0. The van der Waals surface area contributed by atoms with Crippen LogP contribution < -0.4 is 0 Å². The molecule has 4 aromatic rings. The minimum Gasteiger partial charge on any atom is -0.236 e.